The number of hydrogen-bond donors (Lipinski definition) is 1. The minimum absolute atomic E-state index is 0.211. The average Bonchev–Trinajstić information content (AvgIpc) is 2.80. The molecule has 3 fully saturated rings. The SMILES string of the molecule is CNC1CCN(C(=O)[C@H]2CCCN(C3CCN(Cc4cccnc4)CC3)C2)CC1. The Morgan fingerprint density at radius 3 is 2.59 bits per heavy atom. The Morgan fingerprint density at radius 1 is 1.10 bits per heavy atom. The van der Waals surface area contributed by atoms with Crippen molar-refractivity contribution in [1.82, 2.24) is 25.0 Å². The zero-order valence-electron chi connectivity index (χ0n) is 17.9. The number of likely N-dealkylation sites (tertiary alicyclic amines) is 3. The molecule has 0 spiro atoms. The largest absolute Gasteiger partial charge is 0.342 e. The van der Waals surface area contributed by atoms with E-state index in [0.29, 0.717) is 18.0 Å². The van der Waals surface area contributed by atoms with Crippen LogP contribution in [-0.2, 0) is 11.3 Å². The van der Waals surface area contributed by atoms with Crippen LogP contribution in [0.3, 0.4) is 0 Å². The first-order chi connectivity index (χ1) is 14.2. The number of carbonyl (C=O) groups is 1. The summed E-state index contributed by atoms with van der Waals surface area (Å²) in [6.45, 7) is 7.28. The van der Waals surface area contributed by atoms with Gasteiger partial charge in [0.05, 0.1) is 5.92 Å². The van der Waals surface area contributed by atoms with Crippen LogP contribution in [0.4, 0.5) is 0 Å². The topological polar surface area (TPSA) is 51.7 Å². The number of amides is 1. The van der Waals surface area contributed by atoms with Gasteiger partial charge in [-0.05, 0) is 76.8 Å². The third-order valence-corrected chi connectivity index (χ3v) is 7.22. The number of pyridine rings is 1. The summed E-state index contributed by atoms with van der Waals surface area (Å²) in [5.41, 5.74) is 1.30. The van der Waals surface area contributed by atoms with Crippen molar-refractivity contribution < 1.29 is 4.79 Å². The highest BCUT2D eigenvalue weighted by Crippen LogP contribution is 2.26. The maximum absolute atomic E-state index is 13.1. The van der Waals surface area contributed by atoms with Gasteiger partial charge in [0.2, 0.25) is 5.91 Å². The van der Waals surface area contributed by atoms with Crippen molar-refractivity contribution >= 4 is 5.91 Å². The van der Waals surface area contributed by atoms with E-state index in [2.05, 4.69) is 31.1 Å². The maximum Gasteiger partial charge on any atom is 0.226 e. The second-order valence-electron chi connectivity index (χ2n) is 9.09. The van der Waals surface area contributed by atoms with E-state index >= 15 is 0 Å². The lowest BCUT2D eigenvalue weighted by Gasteiger charge is -2.43. The quantitative estimate of drug-likeness (QED) is 0.820. The molecule has 6 heteroatoms. The van der Waals surface area contributed by atoms with Gasteiger partial charge in [-0.3, -0.25) is 19.6 Å². The summed E-state index contributed by atoms with van der Waals surface area (Å²) >= 11 is 0. The lowest BCUT2D eigenvalue weighted by Crippen LogP contribution is -2.52. The van der Waals surface area contributed by atoms with Gasteiger partial charge in [0.15, 0.2) is 0 Å². The second-order valence-corrected chi connectivity index (χ2v) is 9.09. The number of nitrogens with one attached hydrogen (secondary N) is 1. The first kappa shape index (κ1) is 20.8. The fourth-order valence-electron chi connectivity index (χ4n) is 5.38. The van der Waals surface area contributed by atoms with E-state index in [1.54, 1.807) is 0 Å². The van der Waals surface area contributed by atoms with Gasteiger partial charge in [-0.25, -0.2) is 0 Å². The minimum atomic E-state index is 0.211. The van der Waals surface area contributed by atoms with E-state index in [9.17, 15) is 4.79 Å². The normalized spacial score (nSPS) is 26.0. The molecule has 4 heterocycles. The molecule has 0 unspecified atom stereocenters. The molecule has 3 saturated heterocycles. The predicted octanol–water partition coefficient (Wildman–Crippen LogP) is 1.97. The number of hydrogen-bond acceptors (Lipinski definition) is 5. The van der Waals surface area contributed by atoms with Crippen molar-refractivity contribution in [2.75, 3.05) is 46.3 Å². The molecular formula is C23H37N5O. The summed E-state index contributed by atoms with van der Waals surface area (Å²) in [6.07, 6.45) is 10.7. The molecule has 0 aliphatic carbocycles. The molecule has 1 N–H and O–H groups in total. The summed E-state index contributed by atoms with van der Waals surface area (Å²) in [5.74, 6) is 0.626. The van der Waals surface area contributed by atoms with Crippen LogP contribution < -0.4 is 5.32 Å². The molecular weight excluding hydrogens is 362 g/mol. The first-order valence-corrected chi connectivity index (χ1v) is 11.5. The van der Waals surface area contributed by atoms with Crippen LogP contribution in [0.15, 0.2) is 24.5 Å². The van der Waals surface area contributed by atoms with Gasteiger partial charge in [0.1, 0.15) is 0 Å². The van der Waals surface area contributed by atoms with Gasteiger partial charge in [0, 0.05) is 50.7 Å². The van der Waals surface area contributed by atoms with Crippen LogP contribution in [0.1, 0.15) is 44.1 Å². The van der Waals surface area contributed by atoms with Crippen LogP contribution in [0.5, 0.6) is 0 Å². The van der Waals surface area contributed by atoms with Gasteiger partial charge in [0.25, 0.3) is 0 Å². The number of carbonyl (C=O) groups excluding carboxylic acids is 1. The molecule has 1 atom stereocenters. The Morgan fingerprint density at radius 2 is 1.90 bits per heavy atom. The van der Waals surface area contributed by atoms with E-state index in [4.69, 9.17) is 0 Å². The molecule has 3 aliphatic heterocycles. The molecule has 3 aliphatic rings. The van der Waals surface area contributed by atoms with E-state index < -0.39 is 0 Å². The van der Waals surface area contributed by atoms with Crippen molar-refractivity contribution in [2.45, 2.75) is 57.2 Å². The van der Waals surface area contributed by atoms with Crippen molar-refractivity contribution in [3.8, 4) is 0 Å². The zero-order valence-corrected chi connectivity index (χ0v) is 17.9. The van der Waals surface area contributed by atoms with Gasteiger partial charge in [-0.2, -0.15) is 0 Å². The van der Waals surface area contributed by atoms with E-state index in [0.717, 1.165) is 58.5 Å². The fourth-order valence-corrected chi connectivity index (χ4v) is 5.38. The van der Waals surface area contributed by atoms with Gasteiger partial charge >= 0.3 is 0 Å². The van der Waals surface area contributed by atoms with Crippen molar-refractivity contribution in [1.29, 1.82) is 0 Å². The number of rotatable bonds is 5. The Bertz CT molecular complexity index is 638. The van der Waals surface area contributed by atoms with E-state index in [-0.39, 0.29) is 5.92 Å². The van der Waals surface area contributed by atoms with E-state index in [1.165, 1.54) is 31.4 Å². The number of aromatic nitrogens is 1. The molecule has 6 nitrogen and oxygen atoms in total. The van der Waals surface area contributed by atoms with Gasteiger partial charge < -0.3 is 10.2 Å². The smallest absolute Gasteiger partial charge is 0.226 e. The molecule has 1 aromatic rings. The molecule has 0 bridgehead atoms. The average molecular weight is 400 g/mol. The fraction of sp³-hybridized carbons (Fsp3) is 0.739. The van der Waals surface area contributed by atoms with Gasteiger partial charge in [-0.1, -0.05) is 6.07 Å². The lowest BCUT2D eigenvalue weighted by molar-refractivity contribution is -0.139. The Hall–Kier alpha value is -1.50. The van der Waals surface area contributed by atoms with Crippen molar-refractivity contribution in [2.24, 2.45) is 5.92 Å². The van der Waals surface area contributed by atoms with Crippen LogP contribution in [0, 0.1) is 5.92 Å². The van der Waals surface area contributed by atoms with Crippen LogP contribution in [-0.4, -0.2) is 84.0 Å². The highest BCUT2D eigenvalue weighted by atomic mass is 16.2. The van der Waals surface area contributed by atoms with Gasteiger partial charge in [-0.15, -0.1) is 0 Å². The van der Waals surface area contributed by atoms with Crippen molar-refractivity contribution in [3.63, 3.8) is 0 Å². The molecule has 1 amide bonds. The van der Waals surface area contributed by atoms with E-state index in [1.807, 2.05) is 25.5 Å². The Balaban J connectivity index is 1.24. The van der Waals surface area contributed by atoms with Crippen molar-refractivity contribution in [3.05, 3.63) is 30.1 Å². The minimum Gasteiger partial charge on any atom is -0.342 e. The standard InChI is InChI=1S/C23H37N5O/c1-24-21-6-14-27(15-7-21)23(29)20-5-3-11-28(18-20)22-8-12-26(13-9-22)17-19-4-2-10-25-16-19/h2,4,10,16,20-22,24H,3,5-9,11-15,17-18H2,1H3/t20-/m0/s1. The summed E-state index contributed by atoms with van der Waals surface area (Å²) in [5, 5.41) is 3.36. The maximum atomic E-state index is 13.1. The summed E-state index contributed by atoms with van der Waals surface area (Å²) in [6, 6.07) is 5.41. The summed E-state index contributed by atoms with van der Waals surface area (Å²) in [7, 11) is 2.03. The molecule has 4 rings (SSSR count). The van der Waals surface area contributed by atoms with Crippen LogP contribution in [0.25, 0.3) is 0 Å². The molecule has 1 aromatic heterocycles. The lowest BCUT2D eigenvalue weighted by atomic mass is 9.92. The molecule has 160 valence electrons. The summed E-state index contributed by atoms with van der Waals surface area (Å²) in [4.78, 5) is 24.7. The monoisotopic (exact) mass is 399 g/mol. The second kappa shape index (κ2) is 10.0. The molecule has 0 radical (unpaired) electrons. The first-order valence-electron chi connectivity index (χ1n) is 11.5. The van der Waals surface area contributed by atoms with Crippen LogP contribution >= 0.6 is 0 Å². The molecule has 0 aromatic carbocycles. The third kappa shape index (κ3) is 5.36. The zero-order chi connectivity index (χ0) is 20.1. The third-order valence-electron chi connectivity index (χ3n) is 7.22. The summed E-state index contributed by atoms with van der Waals surface area (Å²) < 4.78 is 0. The Labute approximate surface area is 175 Å². The van der Waals surface area contributed by atoms with Crippen LogP contribution in [0.2, 0.25) is 0 Å². The number of piperidine rings is 3. The highest BCUT2D eigenvalue weighted by molar-refractivity contribution is 5.79. The highest BCUT2D eigenvalue weighted by Gasteiger charge is 2.34. The predicted molar refractivity (Wildman–Crippen MR) is 115 cm³/mol. The number of nitrogens with zero attached hydrogens (tertiary/aromatic N) is 4. The Kier molecular flexibility index (Phi) is 7.16. The molecule has 0 saturated carbocycles. The molecule has 29 heavy (non-hydrogen) atoms.